The van der Waals surface area contributed by atoms with E-state index in [2.05, 4.69) is 6.92 Å². The number of unbranched alkanes of at least 4 members (excludes halogenated alkanes) is 3. The summed E-state index contributed by atoms with van der Waals surface area (Å²) in [6.45, 7) is 6.02. The van der Waals surface area contributed by atoms with E-state index < -0.39 is 0 Å². The SMILES string of the molecule is CCCCCCC(C)Oc1ccc([C@H](C)N)cc1F. The molecule has 0 radical (unpaired) electrons. The number of ether oxygens (including phenoxy) is 1. The molecule has 1 unspecified atom stereocenters. The van der Waals surface area contributed by atoms with Gasteiger partial charge in [0.2, 0.25) is 0 Å². The van der Waals surface area contributed by atoms with Crippen molar-refractivity contribution in [3.63, 3.8) is 0 Å². The van der Waals surface area contributed by atoms with E-state index in [0.717, 1.165) is 18.4 Å². The van der Waals surface area contributed by atoms with Crippen LogP contribution in [0.1, 0.15) is 64.5 Å². The number of hydrogen-bond donors (Lipinski definition) is 1. The summed E-state index contributed by atoms with van der Waals surface area (Å²) < 4.78 is 19.5. The summed E-state index contributed by atoms with van der Waals surface area (Å²) in [5.41, 5.74) is 6.51. The average Bonchev–Trinajstić information content (AvgIpc) is 2.37. The molecule has 1 rings (SSSR count). The van der Waals surface area contributed by atoms with Gasteiger partial charge in [0, 0.05) is 6.04 Å². The van der Waals surface area contributed by atoms with Crippen molar-refractivity contribution in [3.05, 3.63) is 29.6 Å². The highest BCUT2D eigenvalue weighted by Gasteiger charge is 2.10. The van der Waals surface area contributed by atoms with E-state index in [1.807, 2.05) is 19.9 Å². The molecule has 1 aromatic rings. The van der Waals surface area contributed by atoms with E-state index >= 15 is 0 Å². The van der Waals surface area contributed by atoms with Gasteiger partial charge in [-0.15, -0.1) is 0 Å². The molecule has 2 N–H and O–H groups in total. The van der Waals surface area contributed by atoms with E-state index in [1.165, 1.54) is 25.3 Å². The summed E-state index contributed by atoms with van der Waals surface area (Å²) in [5, 5.41) is 0. The van der Waals surface area contributed by atoms with Crippen LogP contribution in [0, 0.1) is 5.82 Å². The van der Waals surface area contributed by atoms with Gasteiger partial charge in [0.1, 0.15) is 0 Å². The summed E-state index contributed by atoms with van der Waals surface area (Å²) in [6, 6.07) is 4.81. The van der Waals surface area contributed by atoms with Gasteiger partial charge in [0.15, 0.2) is 11.6 Å². The summed E-state index contributed by atoms with van der Waals surface area (Å²) in [5.74, 6) is 0.00241. The zero-order valence-corrected chi connectivity index (χ0v) is 12.3. The number of rotatable bonds is 8. The Morgan fingerprint density at radius 1 is 1.21 bits per heavy atom. The number of benzene rings is 1. The summed E-state index contributed by atoms with van der Waals surface area (Å²) >= 11 is 0. The van der Waals surface area contributed by atoms with Crippen molar-refractivity contribution < 1.29 is 9.13 Å². The quantitative estimate of drug-likeness (QED) is 0.699. The fourth-order valence-electron chi connectivity index (χ4n) is 2.03. The molecule has 2 atom stereocenters. The van der Waals surface area contributed by atoms with Crippen molar-refractivity contribution in [1.29, 1.82) is 0 Å². The van der Waals surface area contributed by atoms with Crippen LogP contribution in [0.3, 0.4) is 0 Å². The monoisotopic (exact) mass is 267 g/mol. The average molecular weight is 267 g/mol. The zero-order valence-electron chi connectivity index (χ0n) is 12.3. The molecule has 0 saturated heterocycles. The first kappa shape index (κ1) is 16.0. The highest BCUT2D eigenvalue weighted by Crippen LogP contribution is 2.23. The van der Waals surface area contributed by atoms with Crippen molar-refractivity contribution in [2.24, 2.45) is 5.73 Å². The van der Waals surface area contributed by atoms with Gasteiger partial charge in [0.05, 0.1) is 6.10 Å². The Kier molecular flexibility index (Phi) is 6.85. The maximum Gasteiger partial charge on any atom is 0.165 e. The smallest absolute Gasteiger partial charge is 0.165 e. The molecule has 0 heterocycles. The Balaban J connectivity index is 2.48. The van der Waals surface area contributed by atoms with E-state index in [9.17, 15) is 4.39 Å². The van der Waals surface area contributed by atoms with E-state index in [-0.39, 0.29) is 18.0 Å². The first-order valence-electron chi connectivity index (χ1n) is 7.26. The maximum atomic E-state index is 13.8. The first-order chi connectivity index (χ1) is 9.04. The minimum Gasteiger partial charge on any atom is -0.488 e. The van der Waals surface area contributed by atoms with Crippen LogP contribution in [-0.4, -0.2) is 6.10 Å². The van der Waals surface area contributed by atoms with Crippen LogP contribution in [0.15, 0.2) is 18.2 Å². The van der Waals surface area contributed by atoms with Crippen molar-refractivity contribution in [2.45, 2.75) is 65.0 Å². The lowest BCUT2D eigenvalue weighted by molar-refractivity contribution is 0.197. The van der Waals surface area contributed by atoms with Crippen LogP contribution in [0.4, 0.5) is 4.39 Å². The molecule has 0 bridgehead atoms. The summed E-state index contributed by atoms with van der Waals surface area (Å²) in [4.78, 5) is 0. The largest absolute Gasteiger partial charge is 0.488 e. The van der Waals surface area contributed by atoms with Gasteiger partial charge in [-0.05, 0) is 44.4 Å². The van der Waals surface area contributed by atoms with Crippen molar-refractivity contribution in [2.75, 3.05) is 0 Å². The Morgan fingerprint density at radius 2 is 1.95 bits per heavy atom. The standard InChI is InChI=1S/C16H26FNO/c1-4-5-6-7-8-12(2)19-16-10-9-14(13(3)18)11-15(16)17/h9-13H,4-8,18H2,1-3H3/t12?,13-/m0/s1. The van der Waals surface area contributed by atoms with Crippen LogP contribution in [0.5, 0.6) is 5.75 Å². The van der Waals surface area contributed by atoms with Crippen molar-refractivity contribution >= 4 is 0 Å². The molecule has 0 amide bonds. The third kappa shape index (κ3) is 5.60. The molecule has 3 heteroatoms. The Labute approximate surface area is 116 Å². The van der Waals surface area contributed by atoms with Gasteiger partial charge in [-0.1, -0.05) is 32.3 Å². The van der Waals surface area contributed by atoms with Crippen LogP contribution in [0.25, 0.3) is 0 Å². The van der Waals surface area contributed by atoms with Gasteiger partial charge < -0.3 is 10.5 Å². The lowest BCUT2D eigenvalue weighted by Gasteiger charge is -2.16. The van der Waals surface area contributed by atoms with Gasteiger partial charge in [-0.2, -0.15) is 0 Å². The molecule has 0 fully saturated rings. The fraction of sp³-hybridized carbons (Fsp3) is 0.625. The minimum atomic E-state index is -0.324. The van der Waals surface area contributed by atoms with E-state index in [1.54, 1.807) is 6.07 Å². The molecule has 0 saturated carbocycles. The Bertz CT molecular complexity index is 379. The van der Waals surface area contributed by atoms with Crippen LogP contribution >= 0.6 is 0 Å². The predicted molar refractivity (Wildman–Crippen MR) is 77.9 cm³/mol. The lowest BCUT2D eigenvalue weighted by atomic mass is 10.1. The highest BCUT2D eigenvalue weighted by molar-refractivity contribution is 5.30. The van der Waals surface area contributed by atoms with Gasteiger partial charge in [-0.25, -0.2) is 4.39 Å². The van der Waals surface area contributed by atoms with Gasteiger partial charge >= 0.3 is 0 Å². The second-order valence-corrected chi connectivity index (χ2v) is 5.26. The molecule has 0 aromatic heterocycles. The second kappa shape index (κ2) is 8.16. The molecule has 2 nitrogen and oxygen atoms in total. The first-order valence-corrected chi connectivity index (χ1v) is 7.26. The molecule has 19 heavy (non-hydrogen) atoms. The molecular weight excluding hydrogens is 241 g/mol. The lowest BCUT2D eigenvalue weighted by Crippen LogP contribution is -2.13. The maximum absolute atomic E-state index is 13.8. The van der Waals surface area contributed by atoms with Gasteiger partial charge in [0.25, 0.3) is 0 Å². The van der Waals surface area contributed by atoms with Crippen LogP contribution in [-0.2, 0) is 0 Å². The van der Waals surface area contributed by atoms with Crippen LogP contribution < -0.4 is 10.5 Å². The van der Waals surface area contributed by atoms with E-state index in [4.69, 9.17) is 10.5 Å². The van der Waals surface area contributed by atoms with Crippen molar-refractivity contribution in [3.8, 4) is 5.75 Å². The zero-order chi connectivity index (χ0) is 14.3. The Morgan fingerprint density at radius 3 is 2.53 bits per heavy atom. The highest BCUT2D eigenvalue weighted by atomic mass is 19.1. The molecule has 108 valence electrons. The van der Waals surface area contributed by atoms with E-state index in [0.29, 0.717) is 5.75 Å². The summed E-state index contributed by atoms with van der Waals surface area (Å²) in [6.07, 6.45) is 5.85. The van der Waals surface area contributed by atoms with Crippen molar-refractivity contribution in [1.82, 2.24) is 0 Å². The minimum absolute atomic E-state index is 0.0486. The van der Waals surface area contributed by atoms with Crippen LogP contribution in [0.2, 0.25) is 0 Å². The Hall–Kier alpha value is -1.09. The predicted octanol–water partition coefficient (Wildman–Crippen LogP) is 4.58. The summed E-state index contributed by atoms with van der Waals surface area (Å²) in [7, 11) is 0. The molecule has 0 spiro atoms. The molecule has 0 aliphatic heterocycles. The molecular formula is C16H26FNO. The second-order valence-electron chi connectivity index (χ2n) is 5.26. The molecule has 0 aliphatic rings. The number of hydrogen-bond acceptors (Lipinski definition) is 2. The fourth-order valence-corrected chi connectivity index (χ4v) is 2.03. The topological polar surface area (TPSA) is 35.2 Å². The van der Waals surface area contributed by atoms with Gasteiger partial charge in [-0.3, -0.25) is 0 Å². The number of halogens is 1. The third-order valence-electron chi connectivity index (χ3n) is 3.27. The molecule has 0 aliphatic carbocycles. The normalized spacial score (nSPS) is 14.2. The molecule has 1 aromatic carbocycles. The number of nitrogens with two attached hydrogens (primary N) is 1. The third-order valence-corrected chi connectivity index (χ3v) is 3.27.